The lowest BCUT2D eigenvalue weighted by Gasteiger charge is -2.20. The van der Waals surface area contributed by atoms with Crippen LogP contribution in [-0.2, 0) is 12.8 Å². The van der Waals surface area contributed by atoms with Gasteiger partial charge < -0.3 is 5.32 Å². The highest BCUT2D eigenvalue weighted by Gasteiger charge is 2.15. The number of rotatable bonds is 6. The van der Waals surface area contributed by atoms with E-state index in [-0.39, 0.29) is 6.04 Å². The normalized spacial score (nSPS) is 12.4. The van der Waals surface area contributed by atoms with Crippen LogP contribution in [0.25, 0.3) is 0 Å². The molecule has 1 aromatic heterocycles. The maximum atomic E-state index is 6.16. The van der Waals surface area contributed by atoms with Gasteiger partial charge in [-0.1, -0.05) is 31.5 Å². The number of nitrogens with zero attached hydrogens (tertiary/aromatic N) is 1. The van der Waals surface area contributed by atoms with Crippen LogP contribution in [0.5, 0.6) is 0 Å². The third-order valence-corrected chi connectivity index (χ3v) is 4.71. The van der Waals surface area contributed by atoms with Gasteiger partial charge >= 0.3 is 0 Å². The van der Waals surface area contributed by atoms with Gasteiger partial charge in [-0.05, 0) is 70.9 Å². The van der Waals surface area contributed by atoms with Crippen LogP contribution in [-0.4, -0.2) is 11.5 Å². The Kier molecular flexibility index (Phi) is 6.45. The minimum atomic E-state index is 0.237. The first kappa shape index (κ1) is 16.7. The molecule has 0 aliphatic heterocycles. The van der Waals surface area contributed by atoms with Crippen molar-refractivity contribution in [1.29, 1.82) is 0 Å². The molecular formula is C17H20ClIN2. The molecule has 0 spiro atoms. The average molecular weight is 415 g/mol. The highest BCUT2D eigenvalue weighted by atomic mass is 127. The molecule has 1 atom stereocenters. The Balaban J connectivity index is 2.23. The van der Waals surface area contributed by atoms with Gasteiger partial charge in [0.15, 0.2) is 0 Å². The number of aromatic nitrogens is 1. The number of aryl methyl sites for hydroxylation is 1. The number of likely N-dealkylation sites (N-methyl/N-ethyl adjacent to an activating group) is 1. The zero-order chi connectivity index (χ0) is 15.2. The van der Waals surface area contributed by atoms with Crippen LogP contribution >= 0.6 is 34.2 Å². The summed E-state index contributed by atoms with van der Waals surface area (Å²) in [6, 6.07) is 10.6. The molecule has 0 aliphatic rings. The molecule has 1 heterocycles. The Labute approximate surface area is 145 Å². The highest BCUT2D eigenvalue weighted by Crippen LogP contribution is 2.26. The van der Waals surface area contributed by atoms with Gasteiger partial charge in [-0.25, -0.2) is 0 Å². The summed E-state index contributed by atoms with van der Waals surface area (Å²) in [5.41, 5.74) is 3.62. The Hall–Kier alpha value is -0.650. The number of hydrogen-bond donors (Lipinski definition) is 1. The van der Waals surface area contributed by atoms with Crippen molar-refractivity contribution in [2.75, 3.05) is 6.54 Å². The lowest BCUT2D eigenvalue weighted by Crippen LogP contribution is -2.24. The summed E-state index contributed by atoms with van der Waals surface area (Å²) >= 11 is 8.52. The quantitative estimate of drug-likeness (QED) is 0.687. The fraction of sp³-hybridized carbons (Fsp3) is 0.353. The Morgan fingerprint density at radius 2 is 2.05 bits per heavy atom. The van der Waals surface area contributed by atoms with Gasteiger partial charge in [-0.15, -0.1) is 0 Å². The molecule has 0 saturated carbocycles. The summed E-state index contributed by atoms with van der Waals surface area (Å²) in [7, 11) is 0. The molecule has 4 heteroatoms. The number of benzene rings is 1. The summed E-state index contributed by atoms with van der Waals surface area (Å²) in [6.45, 7) is 5.19. The second kappa shape index (κ2) is 8.11. The fourth-order valence-corrected chi connectivity index (χ4v) is 3.21. The minimum Gasteiger partial charge on any atom is -0.310 e. The van der Waals surface area contributed by atoms with E-state index in [1.165, 1.54) is 14.7 Å². The van der Waals surface area contributed by atoms with Crippen molar-refractivity contribution in [3.05, 3.63) is 61.9 Å². The lowest BCUT2D eigenvalue weighted by atomic mass is 10.0. The number of nitrogens with one attached hydrogen (secondary N) is 1. The predicted molar refractivity (Wildman–Crippen MR) is 97.9 cm³/mol. The van der Waals surface area contributed by atoms with Crippen LogP contribution < -0.4 is 5.32 Å². The number of pyridine rings is 1. The van der Waals surface area contributed by atoms with Crippen LogP contribution in [0, 0.1) is 3.57 Å². The zero-order valence-corrected chi connectivity index (χ0v) is 15.3. The van der Waals surface area contributed by atoms with Gasteiger partial charge in [0.1, 0.15) is 0 Å². The standard InChI is InChI=1S/C17H20ClIN2/c1-3-12-5-7-14(21-11-12)10-17(20-4-2)15-9-13(18)6-8-16(15)19/h5-9,11,17,20H,3-4,10H2,1-2H3. The second-order valence-electron chi connectivity index (χ2n) is 4.99. The number of halogens is 2. The molecule has 0 saturated heterocycles. The van der Waals surface area contributed by atoms with Crippen LogP contribution in [0.15, 0.2) is 36.5 Å². The first-order valence-corrected chi connectivity index (χ1v) is 8.71. The van der Waals surface area contributed by atoms with E-state index in [0.717, 1.165) is 30.1 Å². The minimum absolute atomic E-state index is 0.237. The lowest BCUT2D eigenvalue weighted by molar-refractivity contribution is 0.542. The Morgan fingerprint density at radius 3 is 2.67 bits per heavy atom. The van der Waals surface area contributed by atoms with Crippen molar-refractivity contribution < 1.29 is 0 Å². The fourth-order valence-electron chi connectivity index (χ4n) is 2.31. The molecule has 1 unspecified atom stereocenters. The van der Waals surface area contributed by atoms with Crippen molar-refractivity contribution in [2.24, 2.45) is 0 Å². The first-order chi connectivity index (χ1) is 10.1. The summed E-state index contributed by atoms with van der Waals surface area (Å²) in [5.74, 6) is 0. The molecule has 21 heavy (non-hydrogen) atoms. The monoisotopic (exact) mass is 414 g/mol. The Bertz CT molecular complexity index is 584. The van der Waals surface area contributed by atoms with Crippen LogP contribution in [0.1, 0.15) is 36.7 Å². The second-order valence-corrected chi connectivity index (χ2v) is 6.59. The van der Waals surface area contributed by atoms with Gasteiger partial charge in [0, 0.05) is 32.9 Å². The molecule has 0 radical (unpaired) electrons. The van der Waals surface area contributed by atoms with E-state index in [0.29, 0.717) is 0 Å². The van der Waals surface area contributed by atoms with E-state index < -0.39 is 0 Å². The van der Waals surface area contributed by atoms with Crippen LogP contribution in [0.4, 0.5) is 0 Å². The average Bonchev–Trinajstić information content (AvgIpc) is 2.50. The third-order valence-electron chi connectivity index (χ3n) is 3.49. The molecule has 2 nitrogen and oxygen atoms in total. The van der Waals surface area contributed by atoms with Gasteiger partial charge in [0.05, 0.1) is 0 Å². The van der Waals surface area contributed by atoms with E-state index in [2.05, 4.69) is 71.0 Å². The maximum Gasteiger partial charge on any atom is 0.0422 e. The zero-order valence-electron chi connectivity index (χ0n) is 12.4. The summed E-state index contributed by atoms with van der Waals surface area (Å²) < 4.78 is 1.23. The highest BCUT2D eigenvalue weighted by molar-refractivity contribution is 14.1. The molecule has 0 fully saturated rings. The van der Waals surface area contributed by atoms with Gasteiger partial charge in [0.25, 0.3) is 0 Å². The third kappa shape index (κ3) is 4.66. The predicted octanol–water partition coefficient (Wildman–Crippen LogP) is 4.80. The van der Waals surface area contributed by atoms with Crippen molar-refractivity contribution in [3.8, 4) is 0 Å². The summed E-state index contributed by atoms with van der Waals surface area (Å²) in [4.78, 5) is 4.57. The largest absolute Gasteiger partial charge is 0.310 e. The van der Waals surface area contributed by atoms with Crippen molar-refractivity contribution >= 4 is 34.2 Å². The molecule has 0 bridgehead atoms. The number of hydrogen-bond acceptors (Lipinski definition) is 2. The van der Waals surface area contributed by atoms with Gasteiger partial charge in [-0.2, -0.15) is 0 Å². The van der Waals surface area contributed by atoms with E-state index in [4.69, 9.17) is 11.6 Å². The first-order valence-electron chi connectivity index (χ1n) is 7.26. The molecule has 1 N–H and O–H groups in total. The van der Waals surface area contributed by atoms with E-state index in [1.807, 2.05) is 12.3 Å². The molecule has 112 valence electrons. The SMILES string of the molecule is CCNC(Cc1ccc(CC)cn1)c1cc(Cl)ccc1I. The molecule has 0 amide bonds. The maximum absolute atomic E-state index is 6.16. The molecule has 2 aromatic rings. The van der Waals surface area contributed by atoms with E-state index >= 15 is 0 Å². The topological polar surface area (TPSA) is 24.9 Å². The smallest absolute Gasteiger partial charge is 0.0422 e. The van der Waals surface area contributed by atoms with Crippen molar-refractivity contribution in [2.45, 2.75) is 32.7 Å². The molecular weight excluding hydrogens is 395 g/mol. The van der Waals surface area contributed by atoms with E-state index in [1.54, 1.807) is 0 Å². The van der Waals surface area contributed by atoms with Crippen LogP contribution in [0.2, 0.25) is 5.02 Å². The summed E-state index contributed by atoms with van der Waals surface area (Å²) in [5, 5.41) is 4.32. The van der Waals surface area contributed by atoms with Crippen LogP contribution in [0.3, 0.4) is 0 Å². The summed E-state index contributed by atoms with van der Waals surface area (Å²) in [6.07, 6.45) is 3.87. The Morgan fingerprint density at radius 1 is 1.24 bits per heavy atom. The van der Waals surface area contributed by atoms with Gasteiger partial charge in [-0.3, -0.25) is 4.98 Å². The van der Waals surface area contributed by atoms with Gasteiger partial charge in [0.2, 0.25) is 0 Å². The van der Waals surface area contributed by atoms with Crippen molar-refractivity contribution in [3.63, 3.8) is 0 Å². The molecule has 1 aromatic carbocycles. The molecule has 2 rings (SSSR count). The van der Waals surface area contributed by atoms with E-state index in [9.17, 15) is 0 Å². The molecule has 0 aliphatic carbocycles. The van der Waals surface area contributed by atoms with Crippen molar-refractivity contribution in [1.82, 2.24) is 10.3 Å².